The van der Waals surface area contributed by atoms with E-state index in [4.69, 9.17) is 14.9 Å². The molecule has 6 rings (SSSR count). The van der Waals surface area contributed by atoms with Gasteiger partial charge in [0.2, 0.25) is 5.82 Å². The number of rotatable bonds is 5. The van der Waals surface area contributed by atoms with Gasteiger partial charge in [-0.25, -0.2) is 19.9 Å². The monoisotopic (exact) mass is 570 g/mol. The van der Waals surface area contributed by atoms with Gasteiger partial charge in [-0.3, -0.25) is 10.1 Å². The number of benzene rings is 2. The molecule has 0 unspecified atom stereocenters. The lowest BCUT2D eigenvalue weighted by Gasteiger charge is -2.13. The van der Waals surface area contributed by atoms with Crippen LogP contribution in [0.4, 0.5) is 13.2 Å². The molecule has 0 amide bonds. The van der Waals surface area contributed by atoms with Crippen molar-refractivity contribution in [2.24, 2.45) is 0 Å². The molecule has 4 aromatic heterocycles. The molecule has 0 atom stereocenters. The molecule has 4 heterocycles. The molecule has 42 heavy (non-hydrogen) atoms. The van der Waals surface area contributed by atoms with Gasteiger partial charge in [0.25, 0.3) is 0 Å². The fourth-order valence-corrected chi connectivity index (χ4v) is 4.05. The number of alkyl halides is 3. The van der Waals surface area contributed by atoms with Crippen LogP contribution in [0.25, 0.3) is 56.5 Å². The number of hydrogen-bond donors (Lipinski definition) is 2. The summed E-state index contributed by atoms with van der Waals surface area (Å²) in [5.41, 5.74) is 10.7. The first kappa shape index (κ1) is 28.0. The SMILES string of the molecule is O=C([O-])C(F)(F)F.[NH3+]Cc1ccc(-c2nc3ccnc(-c4n[nH]c(-c5ncccn5)n4)c3cc2-c2ccccc2)cc1. The fourth-order valence-electron chi connectivity index (χ4n) is 4.05. The van der Waals surface area contributed by atoms with Gasteiger partial charge in [0, 0.05) is 40.7 Å². The summed E-state index contributed by atoms with van der Waals surface area (Å²) in [6, 6.07) is 24.4. The Morgan fingerprint density at radius 1 is 0.810 bits per heavy atom. The van der Waals surface area contributed by atoms with Gasteiger partial charge in [0.15, 0.2) is 11.6 Å². The van der Waals surface area contributed by atoms with Crippen LogP contribution in [0.2, 0.25) is 0 Å². The summed E-state index contributed by atoms with van der Waals surface area (Å²) in [5, 5.41) is 17.0. The minimum absolute atomic E-state index is 0.464. The summed E-state index contributed by atoms with van der Waals surface area (Å²) in [6.07, 6.45) is -0.124. The molecule has 0 bridgehead atoms. The lowest BCUT2D eigenvalue weighted by molar-refractivity contribution is -0.386. The topological polar surface area (TPSA) is 161 Å². The zero-order valence-corrected chi connectivity index (χ0v) is 21.7. The van der Waals surface area contributed by atoms with Crippen molar-refractivity contribution in [3.63, 3.8) is 0 Å². The van der Waals surface area contributed by atoms with Crippen LogP contribution < -0.4 is 10.8 Å². The Morgan fingerprint density at radius 2 is 1.50 bits per heavy atom. The van der Waals surface area contributed by atoms with Gasteiger partial charge in [0.05, 0.1) is 17.8 Å². The molecule has 0 radical (unpaired) electrons. The molecular formula is C29H21F3N8O2. The van der Waals surface area contributed by atoms with Crippen LogP contribution in [-0.2, 0) is 11.3 Å². The van der Waals surface area contributed by atoms with E-state index >= 15 is 0 Å². The molecular weight excluding hydrogens is 549 g/mol. The first-order valence-electron chi connectivity index (χ1n) is 12.5. The first-order chi connectivity index (χ1) is 20.2. The summed E-state index contributed by atoms with van der Waals surface area (Å²) >= 11 is 0. The average molecular weight is 571 g/mol. The number of H-pyrrole nitrogens is 1. The minimum Gasteiger partial charge on any atom is -0.542 e. The van der Waals surface area contributed by atoms with Crippen molar-refractivity contribution in [3.05, 3.63) is 97.0 Å². The number of pyridine rings is 2. The third-order valence-corrected chi connectivity index (χ3v) is 6.05. The van der Waals surface area contributed by atoms with Gasteiger partial charge < -0.3 is 15.6 Å². The fraction of sp³-hybridized carbons (Fsp3) is 0.0690. The number of halogens is 3. The number of carbonyl (C=O) groups is 1. The highest BCUT2D eigenvalue weighted by Crippen LogP contribution is 2.35. The smallest absolute Gasteiger partial charge is 0.430 e. The molecule has 4 N–H and O–H groups in total. The number of aromatic amines is 1. The quantitative estimate of drug-likeness (QED) is 0.319. The third kappa shape index (κ3) is 6.10. The molecule has 0 aliphatic heterocycles. The molecule has 0 fully saturated rings. The van der Waals surface area contributed by atoms with Crippen molar-refractivity contribution in [2.75, 3.05) is 0 Å². The van der Waals surface area contributed by atoms with E-state index in [0.717, 1.165) is 39.8 Å². The molecule has 0 saturated carbocycles. The second kappa shape index (κ2) is 11.9. The summed E-state index contributed by atoms with van der Waals surface area (Å²) in [4.78, 5) is 31.6. The first-order valence-corrected chi connectivity index (χ1v) is 12.5. The van der Waals surface area contributed by atoms with Crippen molar-refractivity contribution in [3.8, 4) is 45.6 Å². The second-order valence-corrected chi connectivity index (χ2v) is 8.79. The van der Waals surface area contributed by atoms with E-state index < -0.39 is 12.1 Å². The Kier molecular flexibility index (Phi) is 7.93. The summed E-state index contributed by atoms with van der Waals surface area (Å²) in [6.45, 7) is 0.749. The van der Waals surface area contributed by atoms with Crippen LogP contribution in [0.15, 0.2) is 91.4 Å². The molecule has 10 nitrogen and oxygen atoms in total. The van der Waals surface area contributed by atoms with E-state index in [1.165, 1.54) is 5.56 Å². The lowest BCUT2D eigenvalue weighted by atomic mass is 9.96. The van der Waals surface area contributed by atoms with Gasteiger partial charge in [-0.1, -0.05) is 54.6 Å². The highest BCUT2D eigenvalue weighted by Gasteiger charge is 2.28. The number of aliphatic carboxylic acids is 1. The summed E-state index contributed by atoms with van der Waals surface area (Å²) in [7, 11) is 0. The standard InChI is InChI=1S/C27H20N8.C2HF3O2/c28-16-17-7-9-19(10-8-17)23-20(18-5-2-1-3-6-18)15-21-22(32-23)11-14-29-24(21)25-33-27(35-34-25)26-30-12-4-13-31-26;3-2(4,5)1(6)7/h1-15H,16,28H2,(H,33,34,35);(H,6,7). The van der Waals surface area contributed by atoms with Gasteiger partial charge in [-0.15, -0.1) is 0 Å². The van der Waals surface area contributed by atoms with Gasteiger partial charge in [-0.2, -0.15) is 18.3 Å². The molecule has 0 saturated heterocycles. The van der Waals surface area contributed by atoms with E-state index in [0.29, 0.717) is 23.2 Å². The maximum atomic E-state index is 10.5. The lowest BCUT2D eigenvalue weighted by Crippen LogP contribution is -2.47. The zero-order chi connectivity index (χ0) is 29.7. The molecule has 2 aromatic carbocycles. The number of aromatic nitrogens is 7. The number of fused-ring (bicyclic) bond motifs is 1. The number of nitrogens with zero attached hydrogens (tertiary/aromatic N) is 6. The predicted octanol–water partition coefficient (Wildman–Crippen LogP) is 3.25. The number of carbonyl (C=O) groups excluding carboxylic acids is 1. The highest BCUT2D eigenvalue weighted by atomic mass is 19.4. The van der Waals surface area contributed by atoms with E-state index in [9.17, 15) is 13.2 Å². The molecule has 0 aliphatic carbocycles. The van der Waals surface area contributed by atoms with E-state index in [-0.39, 0.29) is 0 Å². The molecule has 210 valence electrons. The Morgan fingerprint density at radius 3 is 2.14 bits per heavy atom. The Balaban J connectivity index is 0.000000451. The van der Waals surface area contributed by atoms with Crippen LogP contribution in [0.3, 0.4) is 0 Å². The average Bonchev–Trinajstić information content (AvgIpc) is 3.51. The number of carboxylic acid groups (broad SMARTS) is 1. The Hall–Kier alpha value is -5.56. The van der Waals surface area contributed by atoms with E-state index in [2.05, 4.69) is 78.3 Å². The van der Waals surface area contributed by atoms with Gasteiger partial charge in [0.1, 0.15) is 11.7 Å². The highest BCUT2D eigenvalue weighted by molar-refractivity contribution is 5.97. The van der Waals surface area contributed by atoms with Crippen LogP contribution in [0.1, 0.15) is 5.56 Å². The van der Waals surface area contributed by atoms with Crippen molar-refractivity contribution in [1.82, 2.24) is 35.1 Å². The van der Waals surface area contributed by atoms with Crippen molar-refractivity contribution >= 4 is 16.9 Å². The summed E-state index contributed by atoms with van der Waals surface area (Å²) < 4.78 is 31.5. The van der Waals surface area contributed by atoms with Crippen LogP contribution in [-0.4, -0.2) is 47.3 Å². The zero-order valence-electron chi connectivity index (χ0n) is 21.7. The van der Waals surface area contributed by atoms with Gasteiger partial charge >= 0.3 is 6.18 Å². The molecule has 0 aliphatic rings. The number of hydrogen-bond acceptors (Lipinski definition) is 8. The van der Waals surface area contributed by atoms with Crippen molar-refractivity contribution in [1.29, 1.82) is 0 Å². The predicted molar refractivity (Wildman–Crippen MR) is 144 cm³/mol. The second-order valence-electron chi connectivity index (χ2n) is 8.79. The maximum Gasteiger partial charge on any atom is 0.430 e. The molecule has 6 aromatic rings. The maximum absolute atomic E-state index is 10.5. The normalized spacial score (nSPS) is 11.1. The Bertz CT molecular complexity index is 1830. The van der Waals surface area contributed by atoms with E-state index in [1.807, 2.05) is 24.3 Å². The largest absolute Gasteiger partial charge is 0.542 e. The van der Waals surface area contributed by atoms with Gasteiger partial charge in [-0.05, 0) is 23.8 Å². The Labute approximate surface area is 236 Å². The van der Waals surface area contributed by atoms with Crippen LogP contribution in [0, 0.1) is 0 Å². The molecule has 0 spiro atoms. The number of carboxylic acids is 1. The minimum atomic E-state index is -5.19. The van der Waals surface area contributed by atoms with Crippen LogP contribution >= 0.6 is 0 Å². The third-order valence-electron chi connectivity index (χ3n) is 6.05. The van der Waals surface area contributed by atoms with Crippen LogP contribution in [0.5, 0.6) is 0 Å². The number of nitrogens with one attached hydrogen (secondary N) is 1. The van der Waals surface area contributed by atoms with Crippen molar-refractivity contribution < 1.29 is 28.8 Å². The van der Waals surface area contributed by atoms with E-state index in [1.54, 1.807) is 24.7 Å². The summed E-state index contributed by atoms with van der Waals surface area (Å²) in [5.74, 6) is -1.58. The molecule has 13 heteroatoms. The number of quaternary nitrogens is 1. The van der Waals surface area contributed by atoms with Crippen molar-refractivity contribution in [2.45, 2.75) is 12.7 Å².